The van der Waals surface area contributed by atoms with Gasteiger partial charge in [0, 0.05) is 23.2 Å². The maximum atomic E-state index is 11.3. The minimum absolute atomic E-state index is 0.0570. The minimum atomic E-state index is -0.531. The number of rotatable bonds is 3. The fraction of sp³-hybridized carbons (Fsp3) is 0.167. The molecule has 0 aliphatic carbocycles. The van der Waals surface area contributed by atoms with E-state index in [-0.39, 0.29) is 13.2 Å². The van der Waals surface area contributed by atoms with Gasteiger partial charge in [0.15, 0.2) is 0 Å². The highest BCUT2D eigenvalue weighted by Gasteiger charge is 2.10. The molecule has 0 fully saturated rings. The van der Waals surface area contributed by atoms with E-state index in [4.69, 9.17) is 21.2 Å². The Bertz CT molecular complexity index is 1330. The lowest BCUT2D eigenvalue weighted by atomic mass is 10.0. The highest BCUT2D eigenvalue weighted by molar-refractivity contribution is 6.05. The minimum Gasteiger partial charge on any atom is -0.392 e. The molecule has 0 bridgehead atoms. The van der Waals surface area contributed by atoms with Crippen molar-refractivity contribution in [1.29, 1.82) is 5.26 Å². The van der Waals surface area contributed by atoms with Crippen LogP contribution in [0.1, 0.15) is 38.2 Å². The second-order valence-electron chi connectivity index (χ2n) is 7.25. The fourth-order valence-electron chi connectivity index (χ4n) is 3.30. The number of aliphatic hydroxyl groups is 2. The molecule has 2 aromatic heterocycles. The van der Waals surface area contributed by atoms with Crippen molar-refractivity contribution in [1.82, 2.24) is 9.97 Å². The number of fused-ring (bicyclic) bond motifs is 2. The van der Waals surface area contributed by atoms with Gasteiger partial charge in [-0.15, -0.1) is 0 Å². The summed E-state index contributed by atoms with van der Waals surface area (Å²) >= 11 is 0. The summed E-state index contributed by atoms with van der Waals surface area (Å²) in [6.45, 7) is 3.69. The molecule has 7 nitrogen and oxygen atoms in total. The highest BCUT2D eigenvalue weighted by Crippen LogP contribution is 2.21. The van der Waals surface area contributed by atoms with E-state index < -0.39 is 5.91 Å². The van der Waals surface area contributed by atoms with Crippen LogP contribution in [0.5, 0.6) is 0 Å². The number of nitriles is 1. The number of carbonyl (C=O) groups excluding carboxylic acids is 1. The van der Waals surface area contributed by atoms with Crippen LogP contribution in [0.4, 0.5) is 0 Å². The lowest BCUT2D eigenvalue weighted by molar-refractivity contribution is 0.100. The van der Waals surface area contributed by atoms with Crippen LogP contribution in [0.3, 0.4) is 0 Å². The Labute approximate surface area is 179 Å². The molecule has 4 N–H and O–H groups in total. The largest absolute Gasteiger partial charge is 0.392 e. The Balaban J connectivity index is 0.000000176. The van der Waals surface area contributed by atoms with Crippen LogP contribution in [0.2, 0.25) is 0 Å². The zero-order valence-electron chi connectivity index (χ0n) is 17.3. The maximum absolute atomic E-state index is 11.3. The average molecular weight is 414 g/mol. The van der Waals surface area contributed by atoms with E-state index in [0.717, 1.165) is 27.5 Å². The molecule has 0 aliphatic rings. The summed E-state index contributed by atoms with van der Waals surface area (Å²) in [6, 6.07) is 12.9. The Hall–Kier alpha value is -3.86. The molecule has 0 aliphatic heterocycles. The van der Waals surface area contributed by atoms with Gasteiger partial charge in [0.2, 0.25) is 0 Å². The van der Waals surface area contributed by atoms with Gasteiger partial charge in [-0.2, -0.15) is 5.26 Å². The number of nitrogens with zero attached hydrogens (tertiary/aromatic N) is 3. The number of benzene rings is 2. The van der Waals surface area contributed by atoms with Gasteiger partial charge in [-0.3, -0.25) is 14.8 Å². The molecular weight excluding hydrogens is 392 g/mol. The summed E-state index contributed by atoms with van der Waals surface area (Å²) in [4.78, 5) is 19.7. The maximum Gasteiger partial charge on any atom is 0.250 e. The Morgan fingerprint density at radius 2 is 1.42 bits per heavy atom. The molecule has 31 heavy (non-hydrogen) atoms. The zero-order valence-corrected chi connectivity index (χ0v) is 17.3. The summed E-state index contributed by atoms with van der Waals surface area (Å²) in [5, 5.41) is 28.8. The third-order valence-electron chi connectivity index (χ3n) is 4.71. The van der Waals surface area contributed by atoms with E-state index in [1.165, 1.54) is 0 Å². The molecule has 0 saturated carbocycles. The van der Waals surface area contributed by atoms with Crippen LogP contribution in [-0.4, -0.2) is 26.1 Å². The van der Waals surface area contributed by atoms with Crippen LogP contribution in [-0.2, 0) is 13.2 Å². The van der Waals surface area contributed by atoms with E-state index in [1.54, 1.807) is 24.5 Å². The van der Waals surface area contributed by atoms with Crippen molar-refractivity contribution in [3.8, 4) is 6.07 Å². The van der Waals surface area contributed by atoms with Gasteiger partial charge >= 0.3 is 0 Å². The van der Waals surface area contributed by atoms with Gasteiger partial charge < -0.3 is 15.9 Å². The summed E-state index contributed by atoms with van der Waals surface area (Å²) in [6.07, 6.45) is 3.43. The van der Waals surface area contributed by atoms with E-state index >= 15 is 0 Å². The van der Waals surface area contributed by atoms with Crippen LogP contribution >= 0.6 is 0 Å². The quantitative estimate of drug-likeness (QED) is 0.472. The normalized spacial score (nSPS) is 10.4. The highest BCUT2D eigenvalue weighted by atomic mass is 16.3. The van der Waals surface area contributed by atoms with Crippen molar-refractivity contribution >= 4 is 27.7 Å². The first-order valence-corrected chi connectivity index (χ1v) is 9.56. The molecule has 2 heterocycles. The molecule has 7 heteroatoms. The molecule has 0 radical (unpaired) electrons. The van der Waals surface area contributed by atoms with Gasteiger partial charge in [-0.05, 0) is 72.5 Å². The fourth-order valence-corrected chi connectivity index (χ4v) is 3.30. The Kier molecular flexibility index (Phi) is 6.55. The van der Waals surface area contributed by atoms with E-state index in [9.17, 15) is 4.79 Å². The van der Waals surface area contributed by atoms with Crippen molar-refractivity contribution in [2.24, 2.45) is 5.73 Å². The third-order valence-corrected chi connectivity index (χ3v) is 4.71. The van der Waals surface area contributed by atoms with Crippen molar-refractivity contribution in [3.05, 3.63) is 82.2 Å². The molecule has 0 saturated heterocycles. The molecule has 156 valence electrons. The molecule has 1 amide bonds. The lowest BCUT2D eigenvalue weighted by Crippen LogP contribution is -2.12. The predicted molar refractivity (Wildman–Crippen MR) is 118 cm³/mol. The number of amides is 1. The van der Waals surface area contributed by atoms with Crippen LogP contribution < -0.4 is 5.73 Å². The molecule has 2 aromatic carbocycles. The van der Waals surface area contributed by atoms with Gasteiger partial charge in [-0.25, -0.2) is 0 Å². The number of pyridine rings is 2. The molecule has 0 atom stereocenters. The first-order valence-electron chi connectivity index (χ1n) is 9.56. The Morgan fingerprint density at radius 1 is 0.903 bits per heavy atom. The van der Waals surface area contributed by atoms with Gasteiger partial charge in [0.05, 0.1) is 35.4 Å². The molecular formula is C24H22N4O3. The second kappa shape index (κ2) is 9.30. The number of hydrogen-bond acceptors (Lipinski definition) is 6. The number of hydrogen-bond donors (Lipinski definition) is 3. The summed E-state index contributed by atoms with van der Waals surface area (Å²) in [5.74, 6) is -0.531. The summed E-state index contributed by atoms with van der Waals surface area (Å²) in [7, 11) is 0. The first-order chi connectivity index (χ1) is 14.9. The van der Waals surface area contributed by atoms with E-state index in [0.29, 0.717) is 27.7 Å². The average Bonchev–Trinajstić information content (AvgIpc) is 2.77. The van der Waals surface area contributed by atoms with Gasteiger partial charge in [-0.1, -0.05) is 0 Å². The smallest absolute Gasteiger partial charge is 0.250 e. The molecule has 0 unspecified atom stereocenters. The van der Waals surface area contributed by atoms with Gasteiger partial charge in [0.25, 0.3) is 5.91 Å². The van der Waals surface area contributed by atoms with E-state index in [1.807, 2.05) is 38.1 Å². The van der Waals surface area contributed by atoms with Crippen molar-refractivity contribution in [2.45, 2.75) is 27.1 Å². The molecule has 4 aromatic rings. The number of aryl methyl sites for hydroxylation is 2. The topological polar surface area (TPSA) is 133 Å². The lowest BCUT2D eigenvalue weighted by Gasteiger charge is -2.06. The molecule has 4 rings (SSSR count). The van der Waals surface area contributed by atoms with Gasteiger partial charge in [0.1, 0.15) is 6.07 Å². The SMILES string of the molecule is Cc1cnc2c(C#N)cc(CO)cc2c1.Cc1cnc2c(C(N)=O)cc(CO)cc2c1. The number of primary amides is 1. The van der Waals surface area contributed by atoms with Crippen LogP contribution in [0.15, 0.2) is 48.8 Å². The standard InChI is InChI=1S/C12H12N2O2.C12H10N2O/c1-7-2-9-3-8(6-15)4-10(12(13)16)11(9)14-5-7;1-8-2-10-3-9(7-15)4-11(5-13)12(10)14-6-8/h2-5,15H,6H2,1H3,(H2,13,16);2-4,6,15H,7H2,1H3. The third kappa shape index (κ3) is 4.83. The number of carbonyl (C=O) groups is 1. The monoisotopic (exact) mass is 414 g/mol. The second-order valence-corrected chi connectivity index (χ2v) is 7.25. The zero-order chi connectivity index (χ0) is 22.5. The predicted octanol–water partition coefficient (Wildman–Crippen LogP) is 3.04. The number of nitrogens with two attached hydrogens (primary N) is 1. The van der Waals surface area contributed by atoms with Crippen LogP contribution in [0, 0.1) is 25.2 Å². The number of aromatic nitrogens is 2. The van der Waals surface area contributed by atoms with Crippen molar-refractivity contribution in [2.75, 3.05) is 0 Å². The summed E-state index contributed by atoms with van der Waals surface area (Å²) in [5.41, 5.74) is 10.9. The first kappa shape index (κ1) is 21.8. The van der Waals surface area contributed by atoms with Crippen molar-refractivity contribution in [3.63, 3.8) is 0 Å². The molecule has 0 spiro atoms. The van der Waals surface area contributed by atoms with Crippen LogP contribution in [0.25, 0.3) is 21.8 Å². The van der Waals surface area contributed by atoms with E-state index in [2.05, 4.69) is 16.0 Å². The Morgan fingerprint density at radius 3 is 1.94 bits per heavy atom. The summed E-state index contributed by atoms with van der Waals surface area (Å²) < 4.78 is 0. The number of aliphatic hydroxyl groups excluding tert-OH is 2. The van der Waals surface area contributed by atoms with Crippen molar-refractivity contribution < 1.29 is 15.0 Å².